The van der Waals surface area contributed by atoms with Gasteiger partial charge in [-0.2, -0.15) is 5.26 Å². The van der Waals surface area contributed by atoms with E-state index in [1.165, 1.54) is 11.8 Å². The van der Waals surface area contributed by atoms with E-state index < -0.39 is 0 Å². The lowest BCUT2D eigenvalue weighted by Crippen LogP contribution is -2.23. The van der Waals surface area contributed by atoms with Crippen molar-refractivity contribution in [3.63, 3.8) is 0 Å². The minimum Gasteiger partial charge on any atom is -0.493 e. The van der Waals surface area contributed by atoms with Crippen molar-refractivity contribution < 1.29 is 4.74 Å². The highest BCUT2D eigenvalue weighted by molar-refractivity contribution is 7.99. The Labute approximate surface area is 171 Å². The second-order valence-corrected chi connectivity index (χ2v) is 7.49. The predicted molar refractivity (Wildman–Crippen MR) is 112 cm³/mol. The van der Waals surface area contributed by atoms with E-state index in [1.807, 2.05) is 41.7 Å². The monoisotopic (exact) mass is 405 g/mol. The molecule has 2 aromatic carbocycles. The SMILES string of the molecule is CCCn1c(=O)c2ccccc2n2c(SCCOc3cccc(C#N)c3)nnc12. The maximum atomic E-state index is 12.8. The van der Waals surface area contributed by atoms with E-state index in [-0.39, 0.29) is 5.56 Å². The summed E-state index contributed by atoms with van der Waals surface area (Å²) in [5.41, 5.74) is 1.33. The Morgan fingerprint density at radius 2 is 2.03 bits per heavy atom. The van der Waals surface area contributed by atoms with Crippen molar-refractivity contribution in [2.75, 3.05) is 12.4 Å². The molecule has 0 aliphatic rings. The Balaban J connectivity index is 1.60. The first-order valence-electron chi connectivity index (χ1n) is 9.35. The van der Waals surface area contributed by atoms with Crippen LogP contribution in [-0.4, -0.2) is 31.5 Å². The van der Waals surface area contributed by atoms with Gasteiger partial charge >= 0.3 is 0 Å². The first kappa shape index (κ1) is 19.0. The second-order valence-electron chi connectivity index (χ2n) is 6.43. The summed E-state index contributed by atoms with van der Waals surface area (Å²) in [5, 5.41) is 18.9. The van der Waals surface area contributed by atoms with Gasteiger partial charge in [0.15, 0.2) is 5.16 Å². The number of aryl methyl sites for hydroxylation is 1. The number of ether oxygens (including phenoxy) is 1. The summed E-state index contributed by atoms with van der Waals surface area (Å²) in [6.07, 6.45) is 0.832. The molecule has 2 aromatic heterocycles. The number of rotatable bonds is 7. The molecular formula is C21H19N5O2S. The first-order valence-corrected chi connectivity index (χ1v) is 10.3. The van der Waals surface area contributed by atoms with Crippen molar-refractivity contribution in [2.45, 2.75) is 25.0 Å². The maximum Gasteiger partial charge on any atom is 0.262 e. The summed E-state index contributed by atoms with van der Waals surface area (Å²) in [7, 11) is 0. The van der Waals surface area contributed by atoms with Gasteiger partial charge in [0.25, 0.3) is 5.56 Å². The fourth-order valence-electron chi connectivity index (χ4n) is 3.20. The van der Waals surface area contributed by atoms with E-state index >= 15 is 0 Å². The molecular weight excluding hydrogens is 386 g/mol. The lowest BCUT2D eigenvalue weighted by atomic mass is 10.2. The van der Waals surface area contributed by atoms with E-state index in [0.29, 0.717) is 41.4 Å². The van der Waals surface area contributed by atoms with Crippen LogP contribution in [0.5, 0.6) is 5.75 Å². The van der Waals surface area contributed by atoms with Crippen molar-refractivity contribution in [3.05, 3.63) is 64.4 Å². The molecule has 0 spiro atoms. The summed E-state index contributed by atoms with van der Waals surface area (Å²) in [4.78, 5) is 12.8. The number of nitriles is 1. The van der Waals surface area contributed by atoms with Crippen LogP contribution >= 0.6 is 11.8 Å². The number of thioether (sulfide) groups is 1. The van der Waals surface area contributed by atoms with Gasteiger partial charge in [-0.25, -0.2) is 0 Å². The van der Waals surface area contributed by atoms with Crippen LogP contribution in [0.15, 0.2) is 58.5 Å². The zero-order valence-electron chi connectivity index (χ0n) is 15.9. The molecule has 2 heterocycles. The molecule has 146 valence electrons. The molecule has 0 saturated heterocycles. The van der Waals surface area contributed by atoms with E-state index in [1.54, 1.807) is 22.8 Å². The van der Waals surface area contributed by atoms with Crippen LogP contribution in [0, 0.1) is 11.3 Å². The molecule has 0 unspecified atom stereocenters. The zero-order valence-corrected chi connectivity index (χ0v) is 16.7. The molecule has 0 atom stereocenters. The Hall–Kier alpha value is -3.31. The summed E-state index contributed by atoms with van der Waals surface area (Å²) >= 11 is 1.52. The number of benzene rings is 2. The minimum atomic E-state index is -0.0420. The standard InChI is InChI=1S/C21H19N5O2S/c1-2-10-25-19(27)17-8-3-4-9-18(17)26-20(25)23-24-21(26)29-12-11-28-16-7-5-6-15(13-16)14-22/h3-9,13H,2,10-12H2,1H3. The van der Waals surface area contributed by atoms with Gasteiger partial charge in [0.2, 0.25) is 5.78 Å². The summed E-state index contributed by atoms with van der Waals surface area (Å²) in [6, 6.07) is 16.7. The van der Waals surface area contributed by atoms with Crippen molar-refractivity contribution >= 4 is 28.4 Å². The predicted octanol–water partition coefficient (Wildman–Crippen LogP) is 3.50. The second kappa shape index (κ2) is 8.37. The molecule has 7 nitrogen and oxygen atoms in total. The minimum absolute atomic E-state index is 0.0420. The van der Waals surface area contributed by atoms with Crippen LogP contribution in [0.3, 0.4) is 0 Å². The summed E-state index contributed by atoms with van der Waals surface area (Å²) < 4.78 is 9.36. The van der Waals surface area contributed by atoms with E-state index in [4.69, 9.17) is 10.00 Å². The van der Waals surface area contributed by atoms with Crippen LogP contribution in [0.1, 0.15) is 18.9 Å². The Kier molecular flexibility index (Phi) is 5.49. The number of hydrogen-bond donors (Lipinski definition) is 0. The number of hydrogen-bond acceptors (Lipinski definition) is 6. The van der Waals surface area contributed by atoms with Gasteiger partial charge in [0.05, 0.1) is 29.1 Å². The molecule has 0 radical (unpaired) electrons. The quantitative estimate of drug-likeness (QED) is 0.346. The first-order chi connectivity index (χ1) is 14.2. The van der Waals surface area contributed by atoms with Gasteiger partial charge in [-0.15, -0.1) is 10.2 Å². The molecule has 0 aliphatic heterocycles. The van der Waals surface area contributed by atoms with Gasteiger partial charge in [0, 0.05) is 12.3 Å². The highest BCUT2D eigenvalue weighted by Crippen LogP contribution is 2.22. The summed E-state index contributed by atoms with van der Waals surface area (Å²) in [5.74, 6) is 1.87. The van der Waals surface area contributed by atoms with Crippen LogP contribution in [-0.2, 0) is 6.54 Å². The van der Waals surface area contributed by atoms with Crippen LogP contribution in [0.2, 0.25) is 0 Å². The molecule has 0 saturated carbocycles. The molecule has 4 rings (SSSR count). The Morgan fingerprint density at radius 1 is 1.17 bits per heavy atom. The third-order valence-electron chi connectivity index (χ3n) is 4.47. The Bertz CT molecular complexity index is 1270. The lowest BCUT2D eigenvalue weighted by Gasteiger charge is -2.10. The summed E-state index contributed by atoms with van der Waals surface area (Å²) in [6.45, 7) is 3.08. The number of aromatic nitrogens is 4. The van der Waals surface area contributed by atoms with Gasteiger partial charge in [0.1, 0.15) is 5.75 Å². The highest BCUT2D eigenvalue weighted by Gasteiger charge is 2.16. The maximum absolute atomic E-state index is 12.8. The molecule has 0 bridgehead atoms. The fourth-order valence-corrected chi connectivity index (χ4v) is 3.96. The van der Waals surface area contributed by atoms with Crippen molar-refractivity contribution in [1.29, 1.82) is 5.26 Å². The molecule has 0 amide bonds. The van der Waals surface area contributed by atoms with Crippen LogP contribution < -0.4 is 10.3 Å². The lowest BCUT2D eigenvalue weighted by molar-refractivity contribution is 0.344. The third-order valence-corrected chi connectivity index (χ3v) is 5.36. The fraction of sp³-hybridized carbons (Fsp3) is 0.238. The van der Waals surface area contributed by atoms with Crippen LogP contribution in [0.25, 0.3) is 16.7 Å². The molecule has 4 aromatic rings. The highest BCUT2D eigenvalue weighted by atomic mass is 32.2. The van der Waals surface area contributed by atoms with E-state index in [9.17, 15) is 4.79 Å². The number of nitrogens with zero attached hydrogens (tertiary/aromatic N) is 5. The van der Waals surface area contributed by atoms with Crippen molar-refractivity contribution in [3.8, 4) is 11.8 Å². The van der Waals surface area contributed by atoms with Gasteiger partial charge in [-0.05, 0) is 36.8 Å². The molecule has 0 N–H and O–H groups in total. The molecule has 8 heteroatoms. The number of fused-ring (bicyclic) bond motifs is 3. The number of para-hydroxylation sites is 1. The third kappa shape index (κ3) is 3.69. The largest absolute Gasteiger partial charge is 0.493 e. The smallest absolute Gasteiger partial charge is 0.262 e. The molecule has 0 fully saturated rings. The van der Waals surface area contributed by atoms with E-state index in [2.05, 4.69) is 16.3 Å². The molecule has 0 aliphatic carbocycles. The zero-order chi connectivity index (χ0) is 20.2. The van der Waals surface area contributed by atoms with E-state index in [0.717, 1.165) is 17.1 Å². The van der Waals surface area contributed by atoms with Crippen molar-refractivity contribution in [2.24, 2.45) is 0 Å². The van der Waals surface area contributed by atoms with Gasteiger partial charge in [-0.3, -0.25) is 13.8 Å². The molecule has 29 heavy (non-hydrogen) atoms. The Morgan fingerprint density at radius 3 is 2.86 bits per heavy atom. The topological polar surface area (TPSA) is 85.2 Å². The average molecular weight is 405 g/mol. The van der Waals surface area contributed by atoms with Crippen molar-refractivity contribution in [1.82, 2.24) is 19.2 Å². The van der Waals surface area contributed by atoms with Crippen LogP contribution in [0.4, 0.5) is 0 Å². The van der Waals surface area contributed by atoms with Gasteiger partial charge in [-0.1, -0.05) is 36.9 Å². The average Bonchev–Trinajstić information content (AvgIpc) is 3.18. The normalized spacial score (nSPS) is 11.0. The van der Waals surface area contributed by atoms with Gasteiger partial charge < -0.3 is 4.74 Å².